The second-order valence-corrected chi connectivity index (χ2v) is 6.73. The molecule has 2 aliphatic rings. The number of nitrogens with one attached hydrogen (secondary N) is 1. The van der Waals surface area contributed by atoms with Crippen molar-refractivity contribution in [2.45, 2.75) is 25.4 Å². The van der Waals surface area contributed by atoms with Crippen LogP contribution in [0, 0.1) is 0 Å². The van der Waals surface area contributed by atoms with Crippen LogP contribution in [0.15, 0.2) is 34.9 Å². The summed E-state index contributed by atoms with van der Waals surface area (Å²) in [4.78, 5) is 9.62. The molecule has 4 rings (SSSR count). The molecule has 6 nitrogen and oxygen atoms in total. The summed E-state index contributed by atoms with van der Waals surface area (Å²) in [5, 5.41) is 7.55. The number of nitrogens with zero attached hydrogens (tertiary/aromatic N) is 4. The molecule has 2 aromatic rings. The molecule has 2 saturated heterocycles. The van der Waals surface area contributed by atoms with Crippen molar-refractivity contribution in [3.63, 3.8) is 0 Å². The number of piperazine rings is 1. The minimum absolute atomic E-state index is 0.679. The van der Waals surface area contributed by atoms with Gasteiger partial charge in [-0.1, -0.05) is 35.5 Å². The fraction of sp³-hybridized carbons (Fsp3) is 0.556. The van der Waals surface area contributed by atoms with Crippen LogP contribution < -0.4 is 5.32 Å². The minimum atomic E-state index is 0.679. The summed E-state index contributed by atoms with van der Waals surface area (Å²) in [5.41, 5.74) is 1.21. The lowest BCUT2D eigenvalue weighted by Crippen LogP contribution is -2.49. The highest BCUT2D eigenvalue weighted by Gasteiger charge is 2.29. The van der Waals surface area contributed by atoms with Gasteiger partial charge in [-0.05, 0) is 12.0 Å². The maximum absolute atomic E-state index is 5.45. The molecule has 6 heteroatoms. The van der Waals surface area contributed by atoms with E-state index >= 15 is 0 Å². The Balaban J connectivity index is 1.30. The molecule has 1 N–H and O–H groups in total. The SMILES string of the molecule is c1ccc(Cc2noc(CN3CCC(N4CCNCC4)C3)n2)cc1. The van der Waals surface area contributed by atoms with Crippen molar-refractivity contribution in [2.24, 2.45) is 0 Å². The number of benzene rings is 1. The molecule has 1 aromatic carbocycles. The summed E-state index contributed by atoms with van der Waals surface area (Å²) in [6, 6.07) is 11.0. The number of hydrogen-bond donors (Lipinski definition) is 1. The predicted octanol–water partition coefficient (Wildman–Crippen LogP) is 1.14. The van der Waals surface area contributed by atoms with Crippen molar-refractivity contribution in [3.8, 4) is 0 Å². The first kappa shape index (κ1) is 15.7. The number of hydrogen-bond acceptors (Lipinski definition) is 6. The van der Waals surface area contributed by atoms with Gasteiger partial charge in [0.25, 0.3) is 0 Å². The maximum Gasteiger partial charge on any atom is 0.240 e. The molecule has 2 fully saturated rings. The normalized spacial score (nSPS) is 22.9. The van der Waals surface area contributed by atoms with Gasteiger partial charge in [0, 0.05) is 51.7 Å². The molecule has 0 amide bonds. The molecule has 1 aromatic heterocycles. The summed E-state index contributed by atoms with van der Waals surface area (Å²) in [7, 11) is 0. The molecule has 0 spiro atoms. The molecule has 2 aliphatic heterocycles. The van der Waals surface area contributed by atoms with Crippen LogP contribution in [0.3, 0.4) is 0 Å². The average molecular weight is 327 g/mol. The lowest BCUT2D eigenvalue weighted by Gasteiger charge is -2.32. The van der Waals surface area contributed by atoms with Gasteiger partial charge in [0.15, 0.2) is 5.82 Å². The van der Waals surface area contributed by atoms with Crippen LogP contribution in [0.25, 0.3) is 0 Å². The van der Waals surface area contributed by atoms with Gasteiger partial charge < -0.3 is 9.84 Å². The molecule has 0 saturated carbocycles. The third-order valence-corrected chi connectivity index (χ3v) is 4.99. The van der Waals surface area contributed by atoms with Crippen molar-refractivity contribution in [1.82, 2.24) is 25.3 Å². The molecular weight excluding hydrogens is 302 g/mol. The summed E-state index contributed by atoms with van der Waals surface area (Å²) < 4.78 is 5.45. The third-order valence-electron chi connectivity index (χ3n) is 4.99. The first-order valence-electron chi connectivity index (χ1n) is 8.89. The summed E-state index contributed by atoms with van der Waals surface area (Å²) >= 11 is 0. The number of rotatable bonds is 5. The van der Waals surface area contributed by atoms with E-state index in [9.17, 15) is 0 Å². The van der Waals surface area contributed by atoms with E-state index in [1.54, 1.807) is 0 Å². The van der Waals surface area contributed by atoms with Crippen molar-refractivity contribution >= 4 is 0 Å². The first-order valence-corrected chi connectivity index (χ1v) is 8.89. The quantitative estimate of drug-likeness (QED) is 0.889. The largest absolute Gasteiger partial charge is 0.338 e. The lowest BCUT2D eigenvalue weighted by molar-refractivity contribution is 0.167. The van der Waals surface area contributed by atoms with E-state index in [2.05, 4.69) is 37.4 Å². The molecule has 3 heterocycles. The molecule has 0 radical (unpaired) electrons. The first-order chi connectivity index (χ1) is 11.9. The molecule has 24 heavy (non-hydrogen) atoms. The van der Waals surface area contributed by atoms with Crippen LogP contribution in [0.5, 0.6) is 0 Å². The molecule has 128 valence electrons. The van der Waals surface area contributed by atoms with Gasteiger partial charge in [-0.3, -0.25) is 9.80 Å². The summed E-state index contributed by atoms with van der Waals surface area (Å²) in [5.74, 6) is 1.51. The van der Waals surface area contributed by atoms with E-state index in [0.29, 0.717) is 6.04 Å². The highest BCUT2D eigenvalue weighted by atomic mass is 16.5. The van der Waals surface area contributed by atoms with Crippen LogP contribution in [-0.4, -0.2) is 65.3 Å². The van der Waals surface area contributed by atoms with Gasteiger partial charge in [0.1, 0.15) is 0 Å². The Morgan fingerprint density at radius 1 is 1.12 bits per heavy atom. The Bertz CT molecular complexity index is 638. The summed E-state index contributed by atoms with van der Waals surface area (Å²) in [6.07, 6.45) is 1.97. The van der Waals surface area contributed by atoms with Gasteiger partial charge in [-0.15, -0.1) is 0 Å². The fourth-order valence-corrected chi connectivity index (χ4v) is 3.70. The van der Waals surface area contributed by atoms with E-state index in [1.807, 2.05) is 18.2 Å². The maximum atomic E-state index is 5.45. The Labute approximate surface area is 142 Å². The van der Waals surface area contributed by atoms with Crippen molar-refractivity contribution in [1.29, 1.82) is 0 Å². The molecule has 0 aliphatic carbocycles. The highest BCUT2D eigenvalue weighted by Crippen LogP contribution is 2.18. The van der Waals surface area contributed by atoms with Gasteiger partial charge in [-0.2, -0.15) is 4.98 Å². The lowest BCUT2D eigenvalue weighted by atomic mass is 10.1. The molecule has 1 unspecified atom stereocenters. The summed E-state index contributed by atoms with van der Waals surface area (Å²) in [6.45, 7) is 7.55. The van der Waals surface area contributed by atoms with Crippen molar-refractivity contribution in [3.05, 3.63) is 47.6 Å². The molecule has 0 bridgehead atoms. The van der Waals surface area contributed by atoms with E-state index in [0.717, 1.165) is 50.9 Å². The second kappa shape index (κ2) is 7.42. The van der Waals surface area contributed by atoms with Crippen LogP contribution >= 0.6 is 0 Å². The molecule has 1 atom stereocenters. The standard InChI is InChI=1S/C18H25N5O/c1-2-4-15(5-3-1)12-17-20-18(24-21-17)14-22-9-6-16(13-22)23-10-7-19-8-11-23/h1-5,16,19H,6-14H2. The highest BCUT2D eigenvalue weighted by molar-refractivity contribution is 5.18. The van der Waals surface area contributed by atoms with Crippen molar-refractivity contribution < 1.29 is 4.52 Å². The van der Waals surface area contributed by atoms with E-state index < -0.39 is 0 Å². The van der Waals surface area contributed by atoms with E-state index in [4.69, 9.17) is 4.52 Å². The average Bonchev–Trinajstić information content (AvgIpc) is 3.27. The van der Waals surface area contributed by atoms with Gasteiger partial charge in [0.2, 0.25) is 5.89 Å². The Morgan fingerprint density at radius 3 is 2.79 bits per heavy atom. The number of likely N-dealkylation sites (tertiary alicyclic amines) is 1. The zero-order chi connectivity index (χ0) is 16.2. The fourth-order valence-electron chi connectivity index (χ4n) is 3.70. The third kappa shape index (κ3) is 3.83. The number of aromatic nitrogens is 2. The van der Waals surface area contributed by atoms with Crippen molar-refractivity contribution in [2.75, 3.05) is 39.3 Å². The van der Waals surface area contributed by atoms with E-state index in [1.165, 1.54) is 25.1 Å². The Kier molecular flexibility index (Phi) is 4.87. The van der Waals surface area contributed by atoms with Gasteiger partial charge in [-0.25, -0.2) is 0 Å². The van der Waals surface area contributed by atoms with Crippen LogP contribution in [0.4, 0.5) is 0 Å². The Hall–Kier alpha value is -1.76. The van der Waals surface area contributed by atoms with E-state index in [-0.39, 0.29) is 0 Å². The zero-order valence-electron chi connectivity index (χ0n) is 14.0. The topological polar surface area (TPSA) is 57.4 Å². The van der Waals surface area contributed by atoms with Crippen LogP contribution in [0.1, 0.15) is 23.7 Å². The monoisotopic (exact) mass is 327 g/mol. The van der Waals surface area contributed by atoms with Crippen LogP contribution in [0.2, 0.25) is 0 Å². The minimum Gasteiger partial charge on any atom is -0.338 e. The van der Waals surface area contributed by atoms with Crippen LogP contribution in [-0.2, 0) is 13.0 Å². The Morgan fingerprint density at radius 2 is 1.96 bits per heavy atom. The predicted molar refractivity (Wildman–Crippen MR) is 91.7 cm³/mol. The smallest absolute Gasteiger partial charge is 0.240 e. The van der Waals surface area contributed by atoms with Gasteiger partial charge in [0.05, 0.1) is 6.54 Å². The second-order valence-electron chi connectivity index (χ2n) is 6.73. The zero-order valence-corrected chi connectivity index (χ0v) is 14.0. The molecular formula is C18H25N5O. The van der Waals surface area contributed by atoms with Gasteiger partial charge >= 0.3 is 0 Å².